The van der Waals surface area contributed by atoms with E-state index in [9.17, 15) is 26.4 Å². The molecule has 10 nitrogen and oxygen atoms in total. The maximum absolute atomic E-state index is 12.8. The molecular formula is C18H20F3N5O5S. The molecule has 14 heteroatoms. The van der Waals surface area contributed by atoms with Crippen LogP contribution < -0.4 is 10.5 Å². The van der Waals surface area contributed by atoms with Gasteiger partial charge < -0.3 is 15.2 Å². The van der Waals surface area contributed by atoms with Gasteiger partial charge >= 0.3 is 12.3 Å². The summed E-state index contributed by atoms with van der Waals surface area (Å²) < 4.78 is 72.1. The van der Waals surface area contributed by atoms with Crippen molar-refractivity contribution in [2.75, 3.05) is 33.3 Å². The Hall–Kier alpha value is -2.97. The number of halogens is 3. The third-order valence-corrected chi connectivity index (χ3v) is 6.61. The summed E-state index contributed by atoms with van der Waals surface area (Å²) in [5.41, 5.74) is 5.72. The second kappa shape index (κ2) is 9.26. The number of carbonyl (C=O) groups excluding carboxylic acids is 1. The molecule has 1 aromatic rings. The van der Waals surface area contributed by atoms with E-state index in [0.29, 0.717) is 13.1 Å². The number of benzene rings is 1. The van der Waals surface area contributed by atoms with Gasteiger partial charge in [-0.05, 0) is 30.3 Å². The number of hydrogen-bond acceptors (Lipinski definition) is 9. The van der Waals surface area contributed by atoms with E-state index >= 15 is 0 Å². The number of sulfonamides is 1. The number of nitrogens with zero attached hydrogens (tertiary/aromatic N) is 4. The van der Waals surface area contributed by atoms with Gasteiger partial charge in [-0.3, -0.25) is 4.90 Å². The summed E-state index contributed by atoms with van der Waals surface area (Å²) in [5, 5.41) is 0. The first kappa shape index (κ1) is 23.7. The quantitative estimate of drug-likeness (QED) is 0.622. The number of methoxy groups -OCH3 is 1. The molecule has 3 rings (SSSR count). The van der Waals surface area contributed by atoms with Crippen molar-refractivity contribution in [1.82, 2.24) is 9.21 Å². The van der Waals surface area contributed by atoms with Crippen molar-refractivity contribution >= 4 is 27.5 Å². The minimum Gasteiger partial charge on any atom is -0.464 e. The summed E-state index contributed by atoms with van der Waals surface area (Å²) in [4.78, 5) is 21.6. The van der Waals surface area contributed by atoms with E-state index in [1.54, 1.807) is 6.08 Å². The molecule has 1 aromatic carbocycles. The Morgan fingerprint density at radius 2 is 1.78 bits per heavy atom. The molecule has 2 N–H and O–H groups in total. The highest BCUT2D eigenvalue weighted by molar-refractivity contribution is 7.89. The molecule has 0 spiro atoms. The zero-order chi connectivity index (χ0) is 23.5. The number of esters is 1. The van der Waals surface area contributed by atoms with Gasteiger partial charge in [-0.1, -0.05) is 0 Å². The topological polar surface area (TPSA) is 127 Å². The molecule has 0 amide bonds. The molecule has 0 aromatic heterocycles. The van der Waals surface area contributed by atoms with Gasteiger partial charge in [0, 0.05) is 32.4 Å². The predicted octanol–water partition coefficient (Wildman–Crippen LogP) is 0.716. The molecule has 0 bridgehead atoms. The van der Waals surface area contributed by atoms with Crippen molar-refractivity contribution in [1.29, 1.82) is 0 Å². The van der Waals surface area contributed by atoms with Crippen LogP contribution in [-0.2, 0) is 19.6 Å². The molecule has 174 valence electrons. The van der Waals surface area contributed by atoms with Crippen molar-refractivity contribution in [3.63, 3.8) is 0 Å². The van der Waals surface area contributed by atoms with E-state index in [0.717, 1.165) is 24.3 Å². The first-order valence-corrected chi connectivity index (χ1v) is 10.7. The molecule has 0 saturated carbocycles. The molecule has 1 fully saturated rings. The van der Waals surface area contributed by atoms with Crippen molar-refractivity contribution in [2.45, 2.75) is 17.4 Å². The average Bonchev–Trinajstić information content (AvgIpc) is 2.94. The maximum atomic E-state index is 12.8. The van der Waals surface area contributed by atoms with Crippen LogP contribution >= 0.6 is 0 Å². The fourth-order valence-corrected chi connectivity index (χ4v) is 4.56. The molecule has 1 unspecified atom stereocenters. The van der Waals surface area contributed by atoms with Crippen LogP contribution in [0.25, 0.3) is 0 Å². The summed E-state index contributed by atoms with van der Waals surface area (Å²) in [6.07, 6.45) is -2.41. The number of nitrogens with two attached hydrogens (primary N) is 1. The third kappa shape index (κ3) is 5.44. The van der Waals surface area contributed by atoms with Crippen LogP contribution in [0.4, 0.5) is 13.2 Å². The van der Waals surface area contributed by atoms with E-state index in [2.05, 4.69) is 19.5 Å². The average molecular weight is 475 g/mol. The zero-order valence-electron chi connectivity index (χ0n) is 16.8. The predicted molar refractivity (Wildman–Crippen MR) is 107 cm³/mol. The lowest BCUT2D eigenvalue weighted by atomic mass is 10.3. The van der Waals surface area contributed by atoms with Crippen LogP contribution in [0.3, 0.4) is 0 Å². The maximum Gasteiger partial charge on any atom is 0.573 e. The highest BCUT2D eigenvalue weighted by atomic mass is 32.2. The first-order valence-electron chi connectivity index (χ1n) is 9.28. The fraction of sp³-hybridized carbons (Fsp3) is 0.389. The molecule has 2 aliphatic rings. The molecule has 1 atom stereocenters. The summed E-state index contributed by atoms with van der Waals surface area (Å²) in [7, 11) is -2.72. The van der Waals surface area contributed by atoms with Crippen molar-refractivity contribution in [2.24, 2.45) is 15.7 Å². The standard InChI is InChI=1S/C18H20F3N5O5S/c1-30-17(27)15-16(22)24-14(6-7-23-15)25-8-10-26(11-9-25)32(28,29)13-4-2-12(3-5-13)31-18(19,20)21/h2-7,14H,8-11H2,1H3,(H2,22,24). The van der Waals surface area contributed by atoms with E-state index < -0.39 is 34.3 Å². The SMILES string of the molecule is COC(=O)C1=NC=CC(N2CCN(S(=O)(=O)c3ccc(OC(F)(F)F)cc3)CC2)N=C1N. The van der Waals surface area contributed by atoms with Gasteiger partial charge in [-0.2, -0.15) is 4.31 Å². The van der Waals surface area contributed by atoms with Gasteiger partial charge in [0.1, 0.15) is 11.9 Å². The number of piperazine rings is 1. The van der Waals surface area contributed by atoms with Crippen LogP contribution in [0.5, 0.6) is 5.75 Å². The Kier molecular flexibility index (Phi) is 6.85. The lowest BCUT2D eigenvalue weighted by molar-refractivity contribution is -0.274. The smallest absolute Gasteiger partial charge is 0.464 e. The Labute approximate surface area is 181 Å². The minimum atomic E-state index is -4.86. The number of hydrogen-bond donors (Lipinski definition) is 1. The highest BCUT2D eigenvalue weighted by Crippen LogP contribution is 2.25. The van der Waals surface area contributed by atoms with Gasteiger partial charge in [-0.15, -0.1) is 13.2 Å². The summed E-state index contributed by atoms with van der Waals surface area (Å²) in [6.45, 7) is 0.836. The van der Waals surface area contributed by atoms with Crippen molar-refractivity contribution < 1.29 is 35.9 Å². The van der Waals surface area contributed by atoms with Crippen molar-refractivity contribution in [3.05, 3.63) is 36.5 Å². The van der Waals surface area contributed by atoms with E-state index in [1.807, 2.05) is 4.90 Å². The molecule has 1 saturated heterocycles. The Balaban J connectivity index is 1.65. The second-order valence-corrected chi connectivity index (χ2v) is 8.64. The minimum absolute atomic E-state index is 0.0944. The summed E-state index contributed by atoms with van der Waals surface area (Å²) in [6, 6.07) is 4.02. The molecule has 2 aliphatic heterocycles. The van der Waals surface area contributed by atoms with E-state index in [-0.39, 0.29) is 29.5 Å². The Morgan fingerprint density at radius 3 is 2.34 bits per heavy atom. The number of ether oxygens (including phenoxy) is 2. The lowest BCUT2D eigenvalue weighted by Gasteiger charge is -2.36. The van der Waals surface area contributed by atoms with Gasteiger partial charge in [0.25, 0.3) is 0 Å². The molecule has 0 radical (unpaired) electrons. The summed E-state index contributed by atoms with van der Waals surface area (Å²) in [5.74, 6) is -1.33. The van der Waals surface area contributed by atoms with Crippen LogP contribution in [0, 0.1) is 0 Å². The monoisotopic (exact) mass is 475 g/mol. The van der Waals surface area contributed by atoms with Crippen LogP contribution in [0.1, 0.15) is 0 Å². The molecule has 32 heavy (non-hydrogen) atoms. The number of amidine groups is 1. The Bertz CT molecular complexity index is 1050. The number of rotatable bonds is 5. The molecule has 0 aliphatic carbocycles. The number of alkyl halides is 3. The van der Waals surface area contributed by atoms with E-state index in [4.69, 9.17) is 5.73 Å². The Morgan fingerprint density at radius 1 is 1.16 bits per heavy atom. The van der Waals surface area contributed by atoms with Crippen LogP contribution in [0.2, 0.25) is 0 Å². The largest absolute Gasteiger partial charge is 0.573 e. The first-order chi connectivity index (χ1) is 15.0. The second-order valence-electron chi connectivity index (χ2n) is 6.70. The van der Waals surface area contributed by atoms with Crippen LogP contribution in [0.15, 0.2) is 51.4 Å². The number of carbonyl (C=O) groups is 1. The lowest BCUT2D eigenvalue weighted by Crippen LogP contribution is -2.51. The van der Waals surface area contributed by atoms with Gasteiger partial charge in [-0.25, -0.2) is 23.2 Å². The molecular weight excluding hydrogens is 455 g/mol. The third-order valence-electron chi connectivity index (χ3n) is 4.70. The van der Waals surface area contributed by atoms with Gasteiger partial charge in [0.15, 0.2) is 11.5 Å². The summed E-state index contributed by atoms with van der Waals surface area (Å²) >= 11 is 0. The van der Waals surface area contributed by atoms with E-state index in [1.165, 1.54) is 17.6 Å². The fourth-order valence-electron chi connectivity index (χ4n) is 3.14. The molecule has 2 heterocycles. The number of aliphatic imine (C=N–C) groups is 2. The van der Waals surface area contributed by atoms with Crippen molar-refractivity contribution in [3.8, 4) is 5.75 Å². The normalized spacial score (nSPS) is 20.8. The zero-order valence-corrected chi connectivity index (χ0v) is 17.6. The van der Waals surface area contributed by atoms with Gasteiger partial charge in [0.05, 0.1) is 12.0 Å². The van der Waals surface area contributed by atoms with Gasteiger partial charge in [0.2, 0.25) is 10.0 Å². The van der Waals surface area contributed by atoms with Crippen LogP contribution in [-0.4, -0.2) is 81.0 Å². The highest BCUT2D eigenvalue weighted by Gasteiger charge is 2.33.